The summed E-state index contributed by atoms with van der Waals surface area (Å²) < 4.78 is 0. The minimum absolute atomic E-state index is 0.118. The molecule has 0 saturated heterocycles. The third kappa shape index (κ3) is 3.39. The first-order chi connectivity index (χ1) is 12.0. The molecule has 0 spiro atoms. The lowest BCUT2D eigenvalue weighted by atomic mass is 9.77. The Bertz CT molecular complexity index is 849. The van der Waals surface area contributed by atoms with Crippen LogP contribution in [0.1, 0.15) is 83.6 Å². The third-order valence-electron chi connectivity index (χ3n) is 5.66. The molecule has 0 radical (unpaired) electrons. The summed E-state index contributed by atoms with van der Waals surface area (Å²) in [6, 6.07) is 13.7. The molecule has 0 bridgehead atoms. The van der Waals surface area contributed by atoms with Gasteiger partial charge in [-0.2, -0.15) is 0 Å². The minimum atomic E-state index is 0.118. The average molecular weight is 347 g/mol. The highest BCUT2D eigenvalue weighted by Crippen LogP contribution is 2.45. The summed E-state index contributed by atoms with van der Waals surface area (Å²) in [5.74, 6) is 0.516. The summed E-state index contributed by atoms with van der Waals surface area (Å²) in [5, 5.41) is 0. The van der Waals surface area contributed by atoms with Gasteiger partial charge in [-0.1, -0.05) is 103 Å². The first kappa shape index (κ1) is 19.0. The van der Waals surface area contributed by atoms with Crippen molar-refractivity contribution >= 4 is 6.08 Å². The molecule has 0 amide bonds. The fourth-order valence-electron chi connectivity index (χ4n) is 4.04. The average Bonchev–Trinajstić information content (AvgIpc) is 2.97. The van der Waals surface area contributed by atoms with Crippen molar-refractivity contribution in [3.8, 4) is 11.1 Å². The Morgan fingerprint density at radius 3 is 2.04 bits per heavy atom. The SMILES string of the molecule is CC(C)c1ccccc1-c1c(C(C)(C)C)ccc2c1C=C(C(C)(C)C)C2. The Kier molecular flexibility index (Phi) is 4.67. The fourth-order valence-corrected chi connectivity index (χ4v) is 4.04. The molecule has 1 aliphatic rings. The number of hydrogen-bond acceptors (Lipinski definition) is 0. The molecule has 0 aromatic heterocycles. The second-order valence-corrected chi connectivity index (χ2v) is 10.1. The van der Waals surface area contributed by atoms with Crippen LogP contribution in [-0.4, -0.2) is 0 Å². The number of allylic oxidation sites excluding steroid dienone is 1. The first-order valence-electron chi connectivity index (χ1n) is 9.97. The van der Waals surface area contributed by atoms with Crippen LogP contribution in [0.3, 0.4) is 0 Å². The van der Waals surface area contributed by atoms with Gasteiger partial charge < -0.3 is 0 Å². The molecule has 1 aliphatic carbocycles. The van der Waals surface area contributed by atoms with Crippen LogP contribution in [0.25, 0.3) is 17.2 Å². The van der Waals surface area contributed by atoms with Crippen LogP contribution in [0.4, 0.5) is 0 Å². The molecule has 138 valence electrons. The van der Waals surface area contributed by atoms with Crippen molar-refractivity contribution in [2.75, 3.05) is 0 Å². The zero-order chi connectivity index (χ0) is 19.3. The maximum atomic E-state index is 2.48. The van der Waals surface area contributed by atoms with E-state index in [4.69, 9.17) is 0 Å². The monoisotopic (exact) mass is 346 g/mol. The van der Waals surface area contributed by atoms with Crippen molar-refractivity contribution in [1.82, 2.24) is 0 Å². The largest absolute Gasteiger partial charge is 0.0619 e. The van der Waals surface area contributed by atoms with Crippen LogP contribution in [0.15, 0.2) is 42.0 Å². The first-order valence-corrected chi connectivity index (χ1v) is 9.97. The van der Waals surface area contributed by atoms with Crippen molar-refractivity contribution in [1.29, 1.82) is 0 Å². The molecule has 0 nitrogen and oxygen atoms in total. The molecule has 0 fully saturated rings. The molecule has 0 atom stereocenters. The number of benzene rings is 2. The van der Waals surface area contributed by atoms with Crippen LogP contribution >= 0.6 is 0 Å². The summed E-state index contributed by atoms with van der Waals surface area (Å²) in [6.07, 6.45) is 3.57. The lowest BCUT2D eigenvalue weighted by molar-refractivity contribution is 0.498. The molecule has 0 N–H and O–H groups in total. The highest BCUT2D eigenvalue weighted by Gasteiger charge is 2.29. The Labute approximate surface area is 160 Å². The molecule has 3 rings (SSSR count). The Morgan fingerprint density at radius 1 is 0.808 bits per heavy atom. The van der Waals surface area contributed by atoms with E-state index >= 15 is 0 Å². The van der Waals surface area contributed by atoms with Crippen molar-refractivity contribution in [2.45, 2.75) is 73.1 Å². The van der Waals surface area contributed by atoms with Gasteiger partial charge >= 0.3 is 0 Å². The van der Waals surface area contributed by atoms with E-state index in [0.29, 0.717) is 5.92 Å². The van der Waals surface area contributed by atoms with Crippen molar-refractivity contribution < 1.29 is 0 Å². The maximum Gasteiger partial charge on any atom is -0.00523 e. The Morgan fingerprint density at radius 2 is 1.46 bits per heavy atom. The number of rotatable bonds is 2. The van der Waals surface area contributed by atoms with Crippen LogP contribution in [0.2, 0.25) is 0 Å². The van der Waals surface area contributed by atoms with E-state index in [9.17, 15) is 0 Å². The normalized spacial score (nSPS) is 14.6. The van der Waals surface area contributed by atoms with Crippen molar-refractivity contribution in [3.63, 3.8) is 0 Å². The molecule has 0 aliphatic heterocycles. The van der Waals surface area contributed by atoms with Gasteiger partial charge in [0.2, 0.25) is 0 Å². The molecule has 26 heavy (non-hydrogen) atoms. The molecule has 0 unspecified atom stereocenters. The van der Waals surface area contributed by atoms with Gasteiger partial charge in [0.15, 0.2) is 0 Å². The topological polar surface area (TPSA) is 0 Å². The minimum Gasteiger partial charge on any atom is -0.0619 e. The molecule has 2 aromatic rings. The summed E-state index contributed by atoms with van der Waals surface area (Å²) in [4.78, 5) is 0. The maximum absolute atomic E-state index is 2.48. The molecule has 0 heterocycles. The van der Waals surface area contributed by atoms with Crippen LogP contribution in [0, 0.1) is 5.41 Å². The van der Waals surface area contributed by atoms with Crippen molar-refractivity contribution in [3.05, 3.63) is 64.2 Å². The van der Waals surface area contributed by atoms with Crippen LogP contribution in [-0.2, 0) is 11.8 Å². The van der Waals surface area contributed by atoms with Gasteiger partial charge in [-0.3, -0.25) is 0 Å². The van der Waals surface area contributed by atoms with Gasteiger partial charge in [-0.15, -0.1) is 0 Å². The van der Waals surface area contributed by atoms with Gasteiger partial charge in [0, 0.05) is 0 Å². The van der Waals surface area contributed by atoms with Gasteiger partial charge in [0.1, 0.15) is 0 Å². The van der Waals surface area contributed by atoms with E-state index in [1.54, 1.807) is 5.57 Å². The van der Waals surface area contributed by atoms with E-state index < -0.39 is 0 Å². The summed E-state index contributed by atoms with van der Waals surface area (Å²) in [5.41, 5.74) is 10.6. The standard InChI is InChI=1S/C26H34/c1-17(2)20-11-9-10-12-21(20)24-22-16-19(25(3,4)5)15-18(22)13-14-23(24)26(6,7)8/h9-14,16-17H,15H2,1-8H3. The Balaban J connectivity index is 2.35. The molecule has 2 aromatic carbocycles. The van der Waals surface area contributed by atoms with Gasteiger partial charge in [0.25, 0.3) is 0 Å². The zero-order valence-corrected chi connectivity index (χ0v) is 17.8. The predicted molar refractivity (Wildman–Crippen MR) is 116 cm³/mol. The zero-order valence-electron chi connectivity index (χ0n) is 17.8. The van der Waals surface area contributed by atoms with Crippen molar-refractivity contribution in [2.24, 2.45) is 5.41 Å². The molecule has 0 heteroatoms. The summed E-state index contributed by atoms with van der Waals surface area (Å²) in [6.45, 7) is 18.6. The van der Waals surface area contributed by atoms with Gasteiger partial charge in [-0.25, -0.2) is 0 Å². The molecular formula is C26H34. The number of hydrogen-bond donors (Lipinski definition) is 0. The third-order valence-corrected chi connectivity index (χ3v) is 5.66. The quantitative estimate of drug-likeness (QED) is 0.521. The fraction of sp³-hybridized carbons (Fsp3) is 0.462. The van der Waals surface area contributed by atoms with E-state index in [1.807, 2.05) is 0 Å². The second kappa shape index (κ2) is 6.41. The van der Waals surface area contributed by atoms with E-state index in [2.05, 4.69) is 97.9 Å². The smallest absolute Gasteiger partial charge is 0.00523 e. The summed E-state index contributed by atoms with van der Waals surface area (Å²) >= 11 is 0. The molecule has 0 saturated carbocycles. The van der Waals surface area contributed by atoms with Crippen LogP contribution in [0.5, 0.6) is 0 Å². The summed E-state index contributed by atoms with van der Waals surface area (Å²) in [7, 11) is 0. The lowest BCUT2D eigenvalue weighted by Gasteiger charge is -2.27. The highest BCUT2D eigenvalue weighted by molar-refractivity contribution is 5.85. The molecular weight excluding hydrogens is 312 g/mol. The van der Waals surface area contributed by atoms with E-state index in [-0.39, 0.29) is 10.8 Å². The number of fused-ring (bicyclic) bond motifs is 1. The van der Waals surface area contributed by atoms with E-state index in [1.165, 1.54) is 33.4 Å². The lowest BCUT2D eigenvalue weighted by Crippen LogP contribution is -2.14. The second-order valence-electron chi connectivity index (χ2n) is 10.1. The highest BCUT2D eigenvalue weighted by atomic mass is 14.3. The predicted octanol–water partition coefficient (Wildman–Crippen LogP) is 7.76. The van der Waals surface area contributed by atoms with Gasteiger partial charge in [0.05, 0.1) is 0 Å². The Hall–Kier alpha value is -1.82. The van der Waals surface area contributed by atoms with E-state index in [0.717, 1.165) is 6.42 Å². The van der Waals surface area contributed by atoms with Crippen LogP contribution < -0.4 is 0 Å². The van der Waals surface area contributed by atoms with Gasteiger partial charge in [-0.05, 0) is 56.5 Å².